The number of methoxy groups -OCH3 is 1. The van der Waals surface area contributed by atoms with Crippen molar-refractivity contribution in [1.82, 2.24) is 14.9 Å². The predicted octanol–water partition coefficient (Wildman–Crippen LogP) is 2.46. The van der Waals surface area contributed by atoms with Gasteiger partial charge in [-0.15, -0.1) is 0 Å². The van der Waals surface area contributed by atoms with E-state index in [1.165, 1.54) is 0 Å². The first-order chi connectivity index (χ1) is 11.5. The zero-order valence-electron chi connectivity index (χ0n) is 14.7. The van der Waals surface area contributed by atoms with Crippen LogP contribution in [-0.4, -0.2) is 66.9 Å². The minimum absolute atomic E-state index is 0.334. The molecule has 3 rings (SSSR count). The Morgan fingerprint density at radius 1 is 1.25 bits per heavy atom. The van der Waals surface area contributed by atoms with E-state index < -0.39 is 0 Å². The summed E-state index contributed by atoms with van der Waals surface area (Å²) < 4.78 is 10.9. The highest BCUT2D eigenvalue weighted by atomic mass is 35.5. The molecule has 2 atom stereocenters. The van der Waals surface area contributed by atoms with Crippen LogP contribution < -0.4 is 9.64 Å². The first-order valence-corrected chi connectivity index (χ1v) is 9.12. The Balaban J connectivity index is 1.54. The topological polar surface area (TPSA) is 50.7 Å². The van der Waals surface area contributed by atoms with Crippen LogP contribution in [0.5, 0.6) is 6.01 Å². The summed E-state index contributed by atoms with van der Waals surface area (Å²) in [6.45, 7) is 9.51. The zero-order chi connectivity index (χ0) is 17.1. The van der Waals surface area contributed by atoms with Gasteiger partial charge in [0.1, 0.15) is 5.02 Å². The van der Waals surface area contributed by atoms with E-state index in [-0.39, 0.29) is 0 Å². The molecule has 2 saturated heterocycles. The highest BCUT2D eigenvalue weighted by Crippen LogP contribution is 2.29. The lowest BCUT2D eigenvalue weighted by atomic mass is 9.95. The maximum atomic E-state index is 6.27. The van der Waals surface area contributed by atoms with Crippen molar-refractivity contribution in [2.24, 2.45) is 5.92 Å². The molecule has 0 aromatic carbocycles. The lowest BCUT2D eigenvalue weighted by Crippen LogP contribution is -2.48. The third-order valence-corrected chi connectivity index (χ3v) is 5.08. The molecule has 2 aliphatic rings. The van der Waals surface area contributed by atoms with Gasteiger partial charge in [-0.1, -0.05) is 11.6 Å². The second-order valence-electron chi connectivity index (χ2n) is 6.93. The number of nitrogens with zero attached hydrogens (tertiary/aromatic N) is 4. The molecule has 0 saturated carbocycles. The fourth-order valence-electron chi connectivity index (χ4n) is 3.79. The molecule has 0 radical (unpaired) electrons. The molecule has 3 heterocycles. The Hall–Kier alpha value is -1.11. The van der Waals surface area contributed by atoms with Crippen molar-refractivity contribution in [2.45, 2.75) is 38.9 Å². The highest BCUT2D eigenvalue weighted by molar-refractivity contribution is 6.32. The molecule has 2 fully saturated rings. The van der Waals surface area contributed by atoms with Crippen molar-refractivity contribution < 1.29 is 9.47 Å². The number of halogens is 1. The van der Waals surface area contributed by atoms with Gasteiger partial charge in [-0.05, 0) is 32.6 Å². The third kappa shape index (κ3) is 4.29. The molecule has 2 unspecified atom stereocenters. The normalized spacial score (nSPS) is 26.6. The van der Waals surface area contributed by atoms with Crippen LogP contribution in [0.4, 0.5) is 5.82 Å². The van der Waals surface area contributed by atoms with Crippen LogP contribution in [0.1, 0.15) is 26.7 Å². The number of piperidine rings is 1. The first-order valence-electron chi connectivity index (χ1n) is 8.74. The molecule has 1 aromatic rings. The van der Waals surface area contributed by atoms with E-state index in [1.54, 1.807) is 13.3 Å². The quantitative estimate of drug-likeness (QED) is 0.828. The van der Waals surface area contributed by atoms with E-state index in [1.807, 2.05) is 0 Å². The van der Waals surface area contributed by atoms with Crippen molar-refractivity contribution in [3.8, 4) is 6.01 Å². The van der Waals surface area contributed by atoms with Gasteiger partial charge in [0.25, 0.3) is 0 Å². The van der Waals surface area contributed by atoms with E-state index in [0.29, 0.717) is 23.2 Å². The first kappa shape index (κ1) is 17.7. The predicted molar refractivity (Wildman–Crippen MR) is 95.0 cm³/mol. The van der Waals surface area contributed by atoms with Gasteiger partial charge in [0.15, 0.2) is 5.82 Å². The number of aromatic nitrogens is 2. The third-order valence-electron chi connectivity index (χ3n) is 4.81. The minimum Gasteiger partial charge on any atom is -0.467 e. The van der Waals surface area contributed by atoms with Crippen LogP contribution in [0.15, 0.2) is 6.20 Å². The average Bonchev–Trinajstić information content (AvgIpc) is 2.55. The van der Waals surface area contributed by atoms with Crippen molar-refractivity contribution in [2.75, 3.05) is 44.7 Å². The standard InChI is InChI=1S/C17H27ClN4O2/c1-12-9-21(10-13(2)24-12)11-14-4-6-22(7-5-14)16-15(18)8-19-17(20-16)23-3/h8,12-14H,4-7,9-11H2,1-3H3. The van der Waals surface area contributed by atoms with Crippen LogP contribution in [0.3, 0.4) is 0 Å². The number of morpholine rings is 1. The second kappa shape index (κ2) is 7.85. The van der Waals surface area contributed by atoms with Gasteiger partial charge in [0, 0.05) is 32.7 Å². The van der Waals surface area contributed by atoms with Gasteiger partial charge in [0.05, 0.1) is 25.5 Å². The molecule has 0 spiro atoms. The van der Waals surface area contributed by atoms with Crippen LogP contribution >= 0.6 is 11.6 Å². The van der Waals surface area contributed by atoms with Crippen molar-refractivity contribution in [3.63, 3.8) is 0 Å². The van der Waals surface area contributed by atoms with E-state index in [9.17, 15) is 0 Å². The molecular weight excluding hydrogens is 328 g/mol. The van der Waals surface area contributed by atoms with Gasteiger partial charge in [-0.3, -0.25) is 4.90 Å². The average molecular weight is 355 g/mol. The monoisotopic (exact) mass is 354 g/mol. The molecular formula is C17H27ClN4O2. The van der Waals surface area contributed by atoms with Gasteiger partial charge >= 0.3 is 6.01 Å². The summed E-state index contributed by atoms with van der Waals surface area (Å²) in [7, 11) is 1.57. The number of anilines is 1. The van der Waals surface area contributed by atoms with Crippen LogP contribution in [0.2, 0.25) is 5.02 Å². The Labute approximate surface area is 149 Å². The van der Waals surface area contributed by atoms with E-state index >= 15 is 0 Å². The lowest BCUT2D eigenvalue weighted by Gasteiger charge is -2.39. The molecule has 0 N–H and O–H groups in total. The summed E-state index contributed by atoms with van der Waals surface area (Å²) in [4.78, 5) is 13.3. The summed E-state index contributed by atoms with van der Waals surface area (Å²) in [5, 5.41) is 0.588. The van der Waals surface area contributed by atoms with Gasteiger partial charge in [-0.2, -0.15) is 4.98 Å². The Bertz CT molecular complexity index is 541. The lowest BCUT2D eigenvalue weighted by molar-refractivity contribution is -0.0720. The fraction of sp³-hybridized carbons (Fsp3) is 0.765. The molecule has 1 aromatic heterocycles. The Morgan fingerprint density at radius 2 is 1.92 bits per heavy atom. The maximum absolute atomic E-state index is 6.27. The maximum Gasteiger partial charge on any atom is 0.318 e. The summed E-state index contributed by atoms with van der Waals surface area (Å²) in [6.07, 6.45) is 4.60. The van der Waals surface area contributed by atoms with E-state index in [0.717, 1.165) is 57.3 Å². The van der Waals surface area contributed by atoms with Crippen LogP contribution in [0, 0.1) is 5.92 Å². The van der Waals surface area contributed by atoms with E-state index in [4.69, 9.17) is 21.1 Å². The van der Waals surface area contributed by atoms with Crippen LogP contribution in [-0.2, 0) is 4.74 Å². The van der Waals surface area contributed by atoms with E-state index in [2.05, 4.69) is 33.6 Å². The van der Waals surface area contributed by atoms with Crippen molar-refractivity contribution >= 4 is 17.4 Å². The van der Waals surface area contributed by atoms with Gasteiger partial charge in [0.2, 0.25) is 0 Å². The van der Waals surface area contributed by atoms with Crippen molar-refractivity contribution in [3.05, 3.63) is 11.2 Å². The molecule has 7 heteroatoms. The number of rotatable bonds is 4. The summed E-state index contributed by atoms with van der Waals surface area (Å²) in [6, 6.07) is 0.368. The van der Waals surface area contributed by atoms with Crippen molar-refractivity contribution in [1.29, 1.82) is 0 Å². The smallest absolute Gasteiger partial charge is 0.318 e. The van der Waals surface area contributed by atoms with Crippen LogP contribution in [0.25, 0.3) is 0 Å². The molecule has 0 amide bonds. The Kier molecular flexibility index (Phi) is 5.79. The van der Waals surface area contributed by atoms with Gasteiger partial charge < -0.3 is 14.4 Å². The fourth-order valence-corrected chi connectivity index (χ4v) is 4.00. The highest BCUT2D eigenvalue weighted by Gasteiger charge is 2.27. The number of ether oxygens (including phenoxy) is 2. The molecule has 134 valence electrons. The molecule has 6 nitrogen and oxygen atoms in total. The minimum atomic E-state index is 0.334. The van der Waals surface area contributed by atoms with Gasteiger partial charge in [-0.25, -0.2) is 4.98 Å². The molecule has 24 heavy (non-hydrogen) atoms. The SMILES string of the molecule is COc1ncc(Cl)c(N2CCC(CN3CC(C)OC(C)C3)CC2)n1. The molecule has 0 bridgehead atoms. The molecule has 0 aliphatic carbocycles. The molecule has 2 aliphatic heterocycles. The number of hydrogen-bond donors (Lipinski definition) is 0. The second-order valence-corrected chi connectivity index (χ2v) is 7.34. The largest absolute Gasteiger partial charge is 0.467 e. The summed E-state index contributed by atoms with van der Waals surface area (Å²) >= 11 is 6.27. The zero-order valence-corrected chi connectivity index (χ0v) is 15.5. The summed E-state index contributed by atoms with van der Waals surface area (Å²) in [5.74, 6) is 1.51. The summed E-state index contributed by atoms with van der Waals surface area (Å²) in [5.41, 5.74) is 0. The Morgan fingerprint density at radius 3 is 2.54 bits per heavy atom. The number of hydrogen-bond acceptors (Lipinski definition) is 6.